The van der Waals surface area contributed by atoms with Crippen LogP contribution in [0.3, 0.4) is 0 Å². The molecule has 0 aliphatic carbocycles. The zero-order valence-electron chi connectivity index (χ0n) is 4.56. The van der Waals surface area contributed by atoms with Crippen LogP contribution in [0.4, 0.5) is 0 Å². The second kappa shape index (κ2) is 1.85. The Hall–Kier alpha value is -0.000519. The summed E-state index contributed by atoms with van der Waals surface area (Å²) in [6, 6.07) is 2.25. The predicted molar refractivity (Wildman–Crippen MR) is 32.9 cm³/mol. The van der Waals surface area contributed by atoms with E-state index < -0.39 is 0 Å². The van der Waals surface area contributed by atoms with Gasteiger partial charge < -0.3 is 0 Å². The van der Waals surface area contributed by atoms with Gasteiger partial charge in [0.25, 0.3) is 0 Å². The molecular formula is C6H8Se. The van der Waals surface area contributed by atoms with Gasteiger partial charge in [0.2, 0.25) is 0 Å². The molecule has 0 saturated heterocycles. The van der Waals surface area contributed by atoms with Gasteiger partial charge in [-0.3, -0.25) is 0 Å². The normalized spacial score (nSPS) is 9.43. The van der Waals surface area contributed by atoms with E-state index >= 15 is 0 Å². The van der Waals surface area contributed by atoms with E-state index in [0.29, 0.717) is 14.5 Å². The number of rotatable bonds is 0. The van der Waals surface area contributed by atoms with Crippen molar-refractivity contribution in [2.75, 3.05) is 0 Å². The second-order valence-electron chi connectivity index (χ2n) is 1.73. The van der Waals surface area contributed by atoms with Crippen molar-refractivity contribution in [3.63, 3.8) is 0 Å². The van der Waals surface area contributed by atoms with E-state index in [1.807, 2.05) is 0 Å². The Morgan fingerprint density at radius 2 is 2.14 bits per heavy atom. The Morgan fingerprint density at radius 1 is 1.43 bits per heavy atom. The van der Waals surface area contributed by atoms with Crippen LogP contribution in [0, 0.1) is 13.8 Å². The third kappa shape index (κ3) is 1.18. The van der Waals surface area contributed by atoms with Gasteiger partial charge in [0.05, 0.1) is 0 Å². The van der Waals surface area contributed by atoms with Crippen LogP contribution in [0.1, 0.15) is 10.0 Å². The van der Waals surface area contributed by atoms with Gasteiger partial charge in [-0.15, -0.1) is 0 Å². The van der Waals surface area contributed by atoms with E-state index in [4.69, 9.17) is 0 Å². The van der Waals surface area contributed by atoms with Crippen molar-refractivity contribution in [1.82, 2.24) is 0 Å². The molecular weight excluding hydrogens is 151 g/mol. The van der Waals surface area contributed by atoms with Crippen LogP contribution in [0.25, 0.3) is 0 Å². The fourth-order valence-corrected chi connectivity index (χ4v) is 2.03. The summed E-state index contributed by atoms with van der Waals surface area (Å²) >= 11 is 0.698. The molecule has 0 amide bonds. The van der Waals surface area contributed by atoms with Gasteiger partial charge in [0.15, 0.2) is 0 Å². The monoisotopic (exact) mass is 160 g/mol. The molecule has 0 radical (unpaired) electrons. The molecule has 0 aromatic carbocycles. The topological polar surface area (TPSA) is 0 Å². The molecule has 1 aromatic rings. The molecule has 0 fully saturated rings. The summed E-state index contributed by atoms with van der Waals surface area (Å²) in [5.74, 6) is 0. The molecule has 0 bridgehead atoms. The Balaban J connectivity index is 3.04. The van der Waals surface area contributed by atoms with Crippen LogP contribution in [0.2, 0.25) is 0 Å². The van der Waals surface area contributed by atoms with Crippen molar-refractivity contribution < 1.29 is 0 Å². The van der Waals surface area contributed by atoms with Crippen molar-refractivity contribution in [2.24, 2.45) is 0 Å². The number of aryl methyl sites for hydroxylation is 2. The molecule has 1 rings (SSSR count). The minimum atomic E-state index is 0.698. The molecule has 1 heterocycles. The van der Waals surface area contributed by atoms with Crippen LogP contribution in [0.15, 0.2) is 11.0 Å². The minimum absolute atomic E-state index is 0.698. The fraction of sp³-hybridized carbons (Fsp3) is 0.333. The summed E-state index contributed by atoms with van der Waals surface area (Å²) in [5.41, 5.74) is 1.44. The molecule has 0 atom stereocenters. The quantitative estimate of drug-likeness (QED) is 0.501. The summed E-state index contributed by atoms with van der Waals surface area (Å²) in [6.07, 6.45) is 0. The molecule has 0 saturated carbocycles. The third-order valence-corrected chi connectivity index (χ3v) is 2.92. The number of hydrogen-bond acceptors (Lipinski definition) is 0. The van der Waals surface area contributed by atoms with Crippen molar-refractivity contribution in [3.05, 3.63) is 21.0 Å². The van der Waals surface area contributed by atoms with Crippen LogP contribution in [-0.4, -0.2) is 14.5 Å². The van der Waals surface area contributed by atoms with E-state index in [1.165, 1.54) is 5.56 Å². The van der Waals surface area contributed by atoms with E-state index in [9.17, 15) is 0 Å². The van der Waals surface area contributed by atoms with E-state index in [1.54, 1.807) is 4.44 Å². The first-order valence-corrected chi connectivity index (χ1v) is 4.15. The third-order valence-electron chi connectivity index (χ3n) is 0.862. The van der Waals surface area contributed by atoms with Crippen molar-refractivity contribution >= 4 is 14.5 Å². The summed E-state index contributed by atoms with van der Waals surface area (Å²) in [4.78, 5) is 2.31. The van der Waals surface area contributed by atoms with Crippen LogP contribution in [0.5, 0.6) is 0 Å². The average molecular weight is 159 g/mol. The molecule has 0 aliphatic rings. The Bertz CT molecular complexity index is 136. The van der Waals surface area contributed by atoms with Crippen molar-refractivity contribution in [3.8, 4) is 0 Å². The molecule has 0 N–H and O–H groups in total. The van der Waals surface area contributed by atoms with Crippen LogP contribution >= 0.6 is 0 Å². The Kier molecular flexibility index (Phi) is 1.36. The van der Waals surface area contributed by atoms with Gasteiger partial charge >= 0.3 is 49.4 Å². The standard InChI is InChI=1S/C6H8Se/c1-5-3-6(2)7-4-5/h3-4H,1-2H3. The van der Waals surface area contributed by atoms with Crippen molar-refractivity contribution in [2.45, 2.75) is 13.8 Å². The zero-order valence-corrected chi connectivity index (χ0v) is 6.28. The maximum atomic E-state index is 2.31. The molecule has 1 heteroatoms. The molecule has 7 heavy (non-hydrogen) atoms. The number of hydrogen-bond donors (Lipinski definition) is 0. The SMILES string of the molecule is Cc1c[se]c(C)c1. The van der Waals surface area contributed by atoms with E-state index in [0.717, 1.165) is 0 Å². The van der Waals surface area contributed by atoms with E-state index in [2.05, 4.69) is 24.9 Å². The maximum absolute atomic E-state index is 2.31. The first-order chi connectivity index (χ1) is 3.29. The summed E-state index contributed by atoms with van der Waals surface area (Å²) in [7, 11) is 0. The summed E-state index contributed by atoms with van der Waals surface area (Å²) in [5, 5.41) is 0. The van der Waals surface area contributed by atoms with Crippen LogP contribution < -0.4 is 0 Å². The average Bonchev–Trinajstić information content (AvgIpc) is 1.87. The van der Waals surface area contributed by atoms with E-state index in [-0.39, 0.29) is 0 Å². The molecule has 0 aliphatic heterocycles. The summed E-state index contributed by atoms with van der Waals surface area (Å²) < 4.78 is 1.55. The Morgan fingerprint density at radius 3 is 2.29 bits per heavy atom. The molecule has 38 valence electrons. The van der Waals surface area contributed by atoms with Gasteiger partial charge in [0.1, 0.15) is 0 Å². The Labute approximate surface area is 49.9 Å². The molecule has 0 nitrogen and oxygen atoms in total. The van der Waals surface area contributed by atoms with Gasteiger partial charge in [0, 0.05) is 0 Å². The van der Waals surface area contributed by atoms with Crippen LogP contribution in [-0.2, 0) is 0 Å². The van der Waals surface area contributed by atoms with Crippen molar-refractivity contribution in [1.29, 1.82) is 0 Å². The first-order valence-electron chi connectivity index (χ1n) is 2.31. The van der Waals surface area contributed by atoms with Gasteiger partial charge in [-0.2, -0.15) is 0 Å². The van der Waals surface area contributed by atoms with Gasteiger partial charge in [-0.25, -0.2) is 0 Å². The molecule has 0 spiro atoms. The van der Waals surface area contributed by atoms with Gasteiger partial charge in [-0.1, -0.05) is 0 Å². The van der Waals surface area contributed by atoms with Gasteiger partial charge in [-0.05, 0) is 0 Å². The molecule has 0 unspecified atom stereocenters. The predicted octanol–water partition coefficient (Wildman–Crippen LogP) is 1.36. The second-order valence-corrected chi connectivity index (χ2v) is 4.07. The zero-order chi connectivity index (χ0) is 5.28. The molecule has 1 aromatic heterocycles. The fourth-order valence-electron chi connectivity index (χ4n) is 0.575. The first kappa shape index (κ1) is 5.14. The summed E-state index contributed by atoms with van der Waals surface area (Å²) in [6.45, 7) is 4.34.